The van der Waals surface area contributed by atoms with E-state index in [9.17, 15) is 26.4 Å². The molecule has 27 heavy (non-hydrogen) atoms. The molecule has 0 atom stereocenters. The van der Waals surface area contributed by atoms with Gasteiger partial charge in [0.05, 0.1) is 4.90 Å². The van der Waals surface area contributed by atoms with Crippen molar-refractivity contribution in [3.05, 3.63) is 29.8 Å². The normalized spacial score (nSPS) is 17.2. The molecule has 0 bridgehead atoms. The van der Waals surface area contributed by atoms with Crippen molar-refractivity contribution < 1.29 is 26.4 Å². The summed E-state index contributed by atoms with van der Waals surface area (Å²) in [6.07, 6.45) is -3.20. The quantitative estimate of drug-likeness (QED) is 0.836. The fraction of sp³-hybridized carbons (Fsp3) is 0.611. The van der Waals surface area contributed by atoms with E-state index >= 15 is 0 Å². The number of hydrogen-bond acceptors (Lipinski definition) is 3. The third-order valence-corrected chi connectivity index (χ3v) is 6.12. The first kappa shape index (κ1) is 21.7. The minimum absolute atomic E-state index is 0.0883. The molecule has 1 aromatic rings. The number of carbonyl (C=O) groups is 1. The van der Waals surface area contributed by atoms with Crippen LogP contribution in [-0.2, 0) is 21.2 Å². The van der Waals surface area contributed by atoms with Gasteiger partial charge in [0, 0.05) is 18.6 Å². The van der Waals surface area contributed by atoms with E-state index in [4.69, 9.17) is 0 Å². The maximum Gasteiger partial charge on any atom is 0.471 e. The zero-order valence-electron chi connectivity index (χ0n) is 15.6. The summed E-state index contributed by atoms with van der Waals surface area (Å²) in [4.78, 5) is 12.3. The monoisotopic (exact) mass is 406 g/mol. The molecule has 1 aliphatic heterocycles. The largest absolute Gasteiger partial charge is 0.471 e. The van der Waals surface area contributed by atoms with Crippen LogP contribution < -0.4 is 4.72 Å². The number of nitrogens with zero attached hydrogens (tertiary/aromatic N) is 1. The fourth-order valence-electron chi connectivity index (χ4n) is 3.12. The summed E-state index contributed by atoms with van der Waals surface area (Å²) in [6, 6.07) is 6.52. The van der Waals surface area contributed by atoms with Gasteiger partial charge in [-0.15, -0.1) is 0 Å². The van der Waals surface area contributed by atoms with E-state index in [0.717, 1.165) is 10.5 Å². The Balaban J connectivity index is 1.94. The maximum absolute atomic E-state index is 12.5. The average Bonchev–Trinajstić information content (AvgIpc) is 2.52. The van der Waals surface area contributed by atoms with E-state index in [0.29, 0.717) is 19.3 Å². The minimum atomic E-state index is -4.82. The zero-order valence-corrected chi connectivity index (χ0v) is 16.5. The molecule has 0 radical (unpaired) electrons. The Kier molecular flexibility index (Phi) is 6.26. The lowest BCUT2D eigenvalue weighted by atomic mass is 9.90. The van der Waals surface area contributed by atoms with Gasteiger partial charge < -0.3 is 4.90 Å². The summed E-state index contributed by atoms with van der Waals surface area (Å²) in [5.41, 5.74) is 0.338. The first-order chi connectivity index (χ1) is 12.3. The molecule has 2 rings (SSSR count). The van der Waals surface area contributed by atoms with Crippen LogP contribution in [0.15, 0.2) is 29.2 Å². The second kappa shape index (κ2) is 7.79. The van der Waals surface area contributed by atoms with Gasteiger partial charge in [-0.25, -0.2) is 13.1 Å². The van der Waals surface area contributed by atoms with E-state index in [1.54, 1.807) is 32.9 Å². The first-order valence-corrected chi connectivity index (χ1v) is 10.3. The van der Waals surface area contributed by atoms with Gasteiger partial charge in [0.1, 0.15) is 0 Å². The highest BCUT2D eigenvalue weighted by atomic mass is 32.2. The van der Waals surface area contributed by atoms with E-state index in [1.165, 1.54) is 12.1 Å². The number of alkyl halides is 3. The van der Waals surface area contributed by atoms with Crippen LogP contribution in [0.25, 0.3) is 0 Å². The minimum Gasteiger partial charge on any atom is -0.335 e. The smallest absolute Gasteiger partial charge is 0.335 e. The molecule has 1 fully saturated rings. The highest BCUT2D eigenvalue weighted by Gasteiger charge is 2.43. The van der Waals surface area contributed by atoms with Crippen LogP contribution in [-0.4, -0.2) is 44.0 Å². The lowest BCUT2D eigenvalue weighted by molar-refractivity contribution is -0.186. The summed E-state index contributed by atoms with van der Waals surface area (Å²) in [7, 11) is -3.60. The molecule has 9 heteroatoms. The zero-order chi connectivity index (χ0) is 20.5. The van der Waals surface area contributed by atoms with Crippen molar-refractivity contribution in [2.45, 2.75) is 56.6 Å². The first-order valence-electron chi connectivity index (χ1n) is 8.77. The summed E-state index contributed by atoms with van der Waals surface area (Å²) in [5, 5.41) is 0. The molecule has 1 N–H and O–H groups in total. The number of hydrogen-bond donors (Lipinski definition) is 1. The summed E-state index contributed by atoms with van der Waals surface area (Å²) in [6.45, 7) is 5.45. The Morgan fingerprint density at radius 2 is 1.63 bits per heavy atom. The standard InChI is InChI=1S/C18H25F3N2O3S/c1-17(2,3)22-27(25,26)15-6-4-13(5-7-15)12-14-8-10-23(11-9-14)16(24)18(19,20)21/h4-7,14,22H,8-12H2,1-3H3. The number of amides is 1. The van der Waals surface area contributed by atoms with Crippen molar-refractivity contribution in [3.63, 3.8) is 0 Å². The van der Waals surface area contributed by atoms with Gasteiger partial charge in [0.15, 0.2) is 0 Å². The van der Waals surface area contributed by atoms with Crippen molar-refractivity contribution in [2.75, 3.05) is 13.1 Å². The number of carbonyl (C=O) groups excluding carboxylic acids is 1. The number of rotatable bonds is 4. The molecule has 0 aliphatic carbocycles. The van der Waals surface area contributed by atoms with Crippen molar-refractivity contribution in [1.82, 2.24) is 9.62 Å². The Morgan fingerprint density at radius 1 is 1.11 bits per heavy atom. The lowest BCUT2D eigenvalue weighted by Gasteiger charge is -2.32. The second-order valence-corrected chi connectivity index (χ2v) is 9.62. The number of benzene rings is 1. The van der Waals surface area contributed by atoms with Crippen LogP contribution in [0.1, 0.15) is 39.2 Å². The predicted octanol–water partition coefficient (Wildman–Crippen LogP) is 3.11. The Bertz CT molecular complexity index is 761. The van der Waals surface area contributed by atoms with Crippen molar-refractivity contribution in [3.8, 4) is 0 Å². The summed E-state index contributed by atoms with van der Waals surface area (Å²) < 4.78 is 64.6. The number of halogens is 3. The topological polar surface area (TPSA) is 66.5 Å². The third kappa shape index (κ3) is 6.21. The molecular weight excluding hydrogens is 381 g/mol. The Labute approximate surface area is 158 Å². The van der Waals surface area contributed by atoms with Crippen LogP contribution in [0.3, 0.4) is 0 Å². The van der Waals surface area contributed by atoms with Crippen molar-refractivity contribution >= 4 is 15.9 Å². The van der Waals surface area contributed by atoms with E-state index in [1.807, 2.05) is 0 Å². The average molecular weight is 406 g/mol. The highest BCUT2D eigenvalue weighted by Crippen LogP contribution is 2.26. The van der Waals surface area contributed by atoms with Gasteiger partial charge in [0.2, 0.25) is 10.0 Å². The van der Waals surface area contributed by atoms with Crippen molar-refractivity contribution in [1.29, 1.82) is 0 Å². The Morgan fingerprint density at radius 3 is 2.07 bits per heavy atom. The SMILES string of the molecule is CC(C)(C)NS(=O)(=O)c1ccc(CC2CCN(C(=O)C(F)(F)F)CC2)cc1. The fourth-order valence-corrected chi connectivity index (χ4v) is 4.54. The van der Waals surface area contributed by atoms with Crippen molar-refractivity contribution in [2.24, 2.45) is 5.92 Å². The van der Waals surface area contributed by atoms with Crippen LogP contribution in [0.4, 0.5) is 13.2 Å². The second-order valence-electron chi connectivity index (χ2n) is 7.94. The molecule has 1 heterocycles. The van der Waals surface area contributed by atoms with Crippen LogP contribution in [0, 0.1) is 5.92 Å². The highest BCUT2D eigenvalue weighted by molar-refractivity contribution is 7.89. The molecule has 0 aromatic heterocycles. The lowest BCUT2D eigenvalue weighted by Crippen LogP contribution is -2.45. The van der Waals surface area contributed by atoms with E-state index in [2.05, 4.69) is 4.72 Å². The number of piperidine rings is 1. The molecule has 5 nitrogen and oxygen atoms in total. The van der Waals surface area contributed by atoms with Crippen LogP contribution in [0.2, 0.25) is 0 Å². The third-order valence-electron chi connectivity index (χ3n) is 4.34. The molecule has 1 aliphatic rings. The van der Waals surface area contributed by atoms with Gasteiger partial charge in [-0.1, -0.05) is 12.1 Å². The molecule has 0 saturated carbocycles. The van der Waals surface area contributed by atoms with Gasteiger partial charge in [-0.2, -0.15) is 13.2 Å². The molecule has 1 saturated heterocycles. The van der Waals surface area contributed by atoms with Gasteiger partial charge in [0.25, 0.3) is 0 Å². The molecule has 1 amide bonds. The molecule has 0 unspecified atom stereocenters. The molecule has 152 valence electrons. The van der Waals surface area contributed by atoms with Crippen LogP contribution >= 0.6 is 0 Å². The van der Waals surface area contributed by atoms with Gasteiger partial charge >= 0.3 is 12.1 Å². The summed E-state index contributed by atoms with van der Waals surface area (Å²) >= 11 is 0. The van der Waals surface area contributed by atoms with E-state index in [-0.39, 0.29) is 23.9 Å². The van der Waals surface area contributed by atoms with Gasteiger partial charge in [-0.3, -0.25) is 4.79 Å². The molecular formula is C18H25F3N2O3S. The van der Waals surface area contributed by atoms with E-state index < -0.39 is 27.6 Å². The number of sulfonamides is 1. The van der Waals surface area contributed by atoms with Gasteiger partial charge in [-0.05, 0) is 63.6 Å². The predicted molar refractivity (Wildman–Crippen MR) is 95.6 cm³/mol. The Hall–Kier alpha value is -1.61. The molecule has 0 spiro atoms. The summed E-state index contributed by atoms with van der Waals surface area (Å²) in [5.74, 6) is -1.61. The maximum atomic E-state index is 12.5. The number of likely N-dealkylation sites (tertiary alicyclic amines) is 1. The molecule has 1 aromatic carbocycles. The van der Waals surface area contributed by atoms with Crippen LogP contribution in [0.5, 0.6) is 0 Å². The number of nitrogens with one attached hydrogen (secondary N) is 1.